The number of pyridine rings is 1. The average molecular weight is 318 g/mol. The molecule has 0 radical (unpaired) electrons. The molecule has 0 spiro atoms. The van der Waals surface area contributed by atoms with Crippen LogP contribution in [0.4, 0.5) is 20.8 Å². The zero-order chi connectivity index (χ0) is 16.2. The molecule has 23 heavy (non-hydrogen) atoms. The van der Waals surface area contributed by atoms with Gasteiger partial charge in [-0.15, -0.1) is 10.2 Å². The Kier molecular flexibility index (Phi) is 4.18. The Balaban J connectivity index is 1.54. The monoisotopic (exact) mass is 318 g/mol. The van der Waals surface area contributed by atoms with E-state index in [1.807, 2.05) is 4.90 Å². The normalized spacial score (nSPS) is 14.7. The predicted molar refractivity (Wildman–Crippen MR) is 80.7 cm³/mol. The highest BCUT2D eigenvalue weighted by Crippen LogP contribution is 2.14. The molecule has 0 unspecified atom stereocenters. The van der Waals surface area contributed by atoms with E-state index >= 15 is 0 Å². The standard InChI is InChI=1S/C14H15FN6O2/c15-10-1-3-12(16-9-10)20-5-7-21(8-6-20)14(23)17-11-2-4-13(22)19-18-11/h1-4,9H,5-8H2,(H,19,22)(H,17,18,23). The lowest BCUT2D eigenvalue weighted by Gasteiger charge is -2.35. The maximum atomic E-state index is 12.9. The van der Waals surface area contributed by atoms with E-state index in [1.165, 1.54) is 24.4 Å². The number of nitrogens with one attached hydrogen (secondary N) is 1. The van der Waals surface area contributed by atoms with E-state index in [9.17, 15) is 9.18 Å². The predicted octanol–water partition coefficient (Wildman–Crippen LogP) is 1.07. The van der Waals surface area contributed by atoms with Gasteiger partial charge in [0.25, 0.3) is 0 Å². The fraction of sp³-hybridized carbons (Fsp3) is 0.286. The maximum absolute atomic E-state index is 12.9. The Labute approximate surface area is 131 Å². The van der Waals surface area contributed by atoms with Crippen molar-refractivity contribution in [2.45, 2.75) is 0 Å². The number of aromatic hydroxyl groups is 1. The summed E-state index contributed by atoms with van der Waals surface area (Å²) in [5, 5.41) is 18.8. The summed E-state index contributed by atoms with van der Waals surface area (Å²) in [6.07, 6.45) is 1.18. The third-order valence-corrected chi connectivity index (χ3v) is 3.49. The topological polar surface area (TPSA) is 94.5 Å². The Bertz CT molecular complexity index is 671. The van der Waals surface area contributed by atoms with Gasteiger partial charge in [-0.2, -0.15) is 0 Å². The van der Waals surface area contributed by atoms with Gasteiger partial charge in [-0.25, -0.2) is 14.2 Å². The lowest BCUT2D eigenvalue weighted by molar-refractivity contribution is 0.208. The van der Waals surface area contributed by atoms with E-state index in [0.29, 0.717) is 32.0 Å². The molecule has 2 amide bonds. The summed E-state index contributed by atoms with van der Waals surface area (Å²) in [7, 11) is 0. The van der Waals surface area contributed by atoms with Gasteiger partial charge >= 0.3 is 6.03 Å². The van der Waals surface area contributed by atoms with Gasteiger partial charge < -0.3 is 14.9 Å². The van der Waals surface area contributed by atoms with Crippen LogP contribution in [-0.2, 0) is 0 Å². The number of hydrogen-bond donors (Lipinski definition) is 2. The number of rotatable bonds is 2. The van der Waals surface area contributed by atoms with Crippen molar-refractivity contribution in [3.05, 3.63) is 36.3 Å². The van der Waals surface area contributed by atoms with E-state index < -0.39 is 0 Å². The molecule has 2 aromatic heterocycles. The number of amides is 2. The van der Waals surface area contributed by atoms with Crippen molar-refractivity contribution in [3.63, 3.8) is 0 Å². The fourth-order valence-corrected chi connectivity index (χ4v) is 2.27. The second-order valence-corrected chi connectivity index (χ2v) is 5.02. The van der Waals surface area contributed by atoms with Crippen LogP contribution in [0.3, 0.4) is 0 Å². The van der Waals surface area contributed by atoms with Crippen LogP contribution in [0.5, 0.6) is 5.88 Å². The average Bonchev–Trinajstić information content (AvgIpc) is 2.58. The van der Waals surface area contributed by atoms with Gasteiger partial charge in [-0.1, -0.05) is 0 Å². The molecule has 1 saturated heterocycles. The summed E-state index contributed by atoms with van der Waals surface area (Å²) in [6.45, 7) is 2.23. The molecule has 1 aliphatic rings. The summed E-state index contributed by atoms with van der Waals surface area (Å²) >= 11 is 0. The van der Waals surface area contributed by atoms with Gasteiger partial charge in [0.05, 0.1) is 6.20 Å². The van der Waals surface area contributed by atoms with Crippen LogP contribution < -0.4 is 10.2 Å². The lowest BCUT2D eigenvalue weighted by Crippen LogP contribution is -2.50. The second kappa shape index (κ2) is 6.42. The van der Waals surface area contributed by atoms with Crippen molar-refractivity contribution in [2.75, 3.05) is 36.4 Å². The Morgan fingerprint density at radius 1 is 1.13 bits per heavy atom. The summed E-state index contributed by atoms with van der Waals surface area (Å²) < 4.78 is 12.9. The van der Waals surface area contributed by atoms with Crippen LogP contribution in [0.2, 0.25) is 0 Å². The maximum Gasteiger partial charge on any atom is 0.323 e. The van der Waals surface area contributed by atoms with Crippen molar-refractivity contribution in [1.29, 1.82) is 0 Å². The number of carbonyl (C=O) groups is 1. The van der Waals surface area contributed by atoms with Crippen LogP contribution in [-0.4, -0.2) is 57.4 Å². The first-order valence-corrected chi connectivity index (χ1v) is 7.07. The Morgan fingerprint density at radius 2 is 1.91 bits per heavy atom. The summed E-state index contributed by atoms with van der Waals surface area (Å²) in [5.74, 6) is 0.386. The van der Waals surface area contributed by atoms with Crippen molar-refractivity contribution in [1.82, 2.24) is 20.1 Å². The molecule has 0 atom stereocenters. The number of anilines is 2. The number of halogens is 1. The molecule has 0 bridgehead atoms. The molecule has 2 N–H and O–H groups in total. The second-order valence-electron chi connectivity index (χ2n) is 5.02. The molecule has 2 aromatic rings. The molecule has 3 rings (SSSR count). The van der Waals surface area contributed by atoms with Crippen molar-refractivity contribution < 1.29 is 14.3 Å². The molecule has 9 heteroatoms. The number of nitrogens with zero attached hydrogens (tertiary/aromatic N) is 5. The number of hydrogen-bond acceptors (Lipinski definition) is 6. The molecule has 1 aliphatic heterocycles. The third-order valence-electron chi connectivity index (χ3n) is 3.49. The molecule has 0 aromatic carbocycles. The number of carbonyl (C=O) groups excluding carboxylic acids is 1. The van der Waals surface area contributed by atoms with Crippen molar-refractivity contribution in [2.24, 2.45) is 0 Å². The molecule has 8 nitrogen and oxygen atoms in total. The van der Waals surface area contributed by atoms with Crippen molar-refractivity contribution in [3.8, 4) is 5.88 Å². The zero-order valence-corrected chi connectivity index (χ0v) is 12.2. The summed E-state index contributed by atoms with van der Waals surface area (Å²) in [5.41, 5.74) is 0. The third kappa shape index (κ3) is 3.62. The molecule has 0 aliphatic carbocycles. The van der Waals surface area contributed by atoms with Crippen LogP contribution in [0, 0.1) is 5.82 Å². The Morgan fingerprint density at radius 3 is 2.52 bits per heavy atom. The van der Waals surface area contributed by atoms with E-state index in [4.69, 9.17) is 5.11 Å². The van der Waals surface area contributed by atoms with E-state index in [2.05, 4.69) is 20.5 Å². The van der Waals surface area contributed by atoms with Crippen molar-refractivity contribution >= 4 is 17.7 Å². The first kappa shape index (κ1) is 14.9. The highest BCUT2D eigenvalue weighted by Gasteiger charge is 2.22. The van der Waals surface area contributed by atoms with Crippen LogP contribution in [0.15, 0.2) is 30.5 Å². The minimum absolute atomic E-state index is 0.205. The molecule has 0 saturated carbocycles. The van der Waals surface area contributed by atoms with Gasteiger partial charge in [0.1, 0.15) is 11.6 Å². The fourth-order valence-electron chi connectivity index (χ4n) is 2.27. The minimum atomic E-state index is -0.373. The first-order valence-electron chi connectivity index (χ1n) is 7.07. The number of urea groups is 1. The van der Waals surface area contributed by atoms with Gasteiger partial charge in [0, 0.05) is 32.2 Å². The van der Waals surface area contributed by atoms with Crippen LogP contribution in [0.1, 0.15) is 0 Å². The molecule has 3 heterocycles. The van der Waals surface area contributed by atoms with Gasteiger partial charge in [0.15, 0.2) is 5.82 Å². The Hall–Kier alpha value is -2.97. The first-order chi connectivity index (χ1) is 11.1. The highest BCUT2D eigenvalue weighted by molar-refractivity contribution is 5.88. The number of aromatic nitrogens is 3. The van der Waals surface area contributed by atoms with E-state index in [0.717, 1.165) is 0 Å². The summed E-state index contributed by atoms with van der Waals surface area (Å²) in [6, 6.07) is 5.53. The van der Waals surface area contributed by atoms with E-state index in [-0.39, 0.29) is 23.5 Å². The highest BCUT2D eigenvalue weighted by atomic mass is 19.1. The van der Waals surface area contributed by atoms with Gasteiger partial charge in [0.2, 0.25) is 5.88 Å². The summed E-state index contributed by atoms with van der Waals surface area (Å²) in [4.78, 5) is 19.8. The molecular formula is C14H15FN6O2. The van der Waals surface area contributed by atoms with Gasteiger partial charge in [-0.3, -0.25) is 5.32 Å². The zero-order valence-electron chi connectivity index (χ0n) is 12.2. The largest absolute Gasteiger partial charge is 0.492 e. The van der Waals surface area contributed by atoms with Crippen LogP contribution in [0.25, 0.3) is 0 Å². The van der Waals surface area contributed by atoms with Gasteiger partial charge in [-0.05, 0) is 18.2 Å². The lowest BCUT2D eigenvalue weighted by atomic mass is 10.3. The molecule has 120 valence electrons. The molecule has 1 fully saturated rings. The SMILES string of the molecule is O=C(Nc1ccc(O)nn1)N1CCN(c2ccc(F)cn2)CC1. The number of piperazine rings is 1. The van der Waals surface area contributed by atoms with E-state index in [1.54, 1.807) is 11.0 Å². The minimum Gasteiger partial charge on any atom is -0.492 e. The quantitative estimate of drug-likeness (QED) is 0.860. The van der Waals surface area contributed by atoms with Crippen LogP contribution >= 0.6 is 0 Å². The molecular weight excluding hydrogens is 303 g/mol. The smallest absolute Gasteiger partial charge is 0.323 e.